The van der Waals surface area contributed by atoms with Crippen LogP contribution < -0.4 is 0 Å². The quantitative estimate of drug-likeness (QED) is 0.788. The fraction of sp³-hybridized carbons (Fsp3) is 0.526. The molecule has 1 aromatic carbocycles. The first-order chi connectivity index (χ1) is 10.7. The number of nitrogens with zero attached hydrogens (tertiary/aromatic N) is 2. The van der Waals surface area contributed by atoms with E-state index in [4.69, 9.17) is 0 Å². The van der Waals surface area contributed by atoms with Gasteiger partial charge in [0.1, 0.15) is 0 Å². The number of carbonyl (C=O) groups is 1. The van der Waals surface area contributed by atoms with E-state index in [1.165, 1.54) is 35.0 Å². The van der Waals surface area contributed by atoms with Crippen LogP contribution in [-0.4, -0.2) is 21.9 Å². The number of para-hydroxylation sites is 1. The summed E-state index contributed by atoms with van der Waals surface area (Å²) >= 11 is 0. The SMILES string of the molecule is CC[C@]12CCC(=O)N3CCc4c(n(c5ccccc45)CC1)[C@@H]32. The van der Waals surface area contributed by atoms with E-state index >= 15 is 0 Å². The predicted molar refractivity (Wildman–Crippen MR) is 86.7 cm³/mol. The molecule has 0 saturated carbocycles. The number of carbonyl (C=O) groups excluding carboxylic acids is 1. The van der Waals surface area contributed by atoms with Crippen LogP contribution in [-0.2, 0) is 17.8 Å². The maximum absolute atomic E-state index is 12.5. The van der Waals surface area contributed by atoms with E-state index in [9.17, 15) is 4.79 Å². The number of aromatic nitrogens is 1. The lowest BCUT2D eigenvalue weighted by molar-refractivity contribution is -0.147. The Kier molecular flexibility index (Phi) is 2.41. The largest absolute Gasteiger partial charge is 0.342 e. The molecule has 0 unspecified atom stereocenters. The first kappa shape index (κ1) is 12.7. The second kappa shape index (κ2) is 4.15. The Balaban J connectivity index is 1.83. The highest BCUT2D eigenvalue weighted by atomic mass is 16.2. The molecule has 0 radical (unpaired) electrons. The molecule has 1 amide bonds. The molecule has 0 spiro atoms. The minimum absolute atomic E-state index is 0.313. The first-order valence-corrected chi connectivity index (χ1v) is 8.65. The summed E-state index contributed by atoms with van der Waals surface area (Å²) in [5, 5.41) is 1.42. The van der Waals surface area contributed by atoms with Gasteiger partial charge in [-0.05, 0) is 42.7 Å². The lowest BCUT2D eigenvalue weighted by Crippen LogP contribution is -2.54. The normalized spacial score (nSPS) is 29.8. The minimum Gasteiger partial charge on any atom is -0.342 e. The molecule has 22 heavy (non-hydrogen) atoms. The van der Waals surface area contributed by atoms with Gasteiger partial charge in [-0.15, -0.1) is 0 Å². The predicted octanol–water partition coefficient (Wildman–Crippen LogP) is 3.66. The van der Waals surface area contributed by atoms with Crippen LogP contribution in [0.2, 0.25) is 0 Å². The molecule has 5 rings (SSSR count). The highest BCUT2D eigenvalue weighted by Gasteiger charge is 2.52. The van der Waals surface area contributed by atoms with Crippen molar-refractivity contribution in [3.8, 4) is 0 Å². The van der Waals surface area contributed by atoms with Crippen molar-refractivity contribution in [3.63, 3.8) is 0 Å². The van der Waals surface area contributed by atoms with Crippen LogP contribution in [0, 0.1) is 5.41 Å². The molecule has 0 aliphatic carbocycles. The Labute approximate surface area is 130 Å². The Morgan fingerprint density at radius 1 is 1.18 bits per heavy atom. The summed E-state index contributed by atoms with van der Waals surface area (Å²) in [6.07, 6.45) is 5.24. The smallest absolute Gasteiger partial charge is 0.223 e. The van der Waals surface area contributed by atoms with Crippen molar-refractivity contribution in [3.05, 3.63) is 35.5 Å². The molecular weight excluding hydrogens is 272 g/mol. The van der Waals surface area contributed by atoms with Gasteiger partial charge in [0, 0.05) is 36.1 Å². The van der Waals surface area contributed by atoms with Gasteiger partial charge in [0.2, 0.25) is 5.91 Å². The van der Waals surface area contributed by atoms with Gasteiger partial charge in [0.15, 0.2) is 0 Å². The lowest BCUT2D eigenvalue weighted by atomic mass is 9.64. The summed E-state index contributed by atoms with van der Waals surface area (Å²) in [6.45, 7) is 4.34. The van der Waals surface area contributed by atoms with Crippen LogP contribution in [0.4, 0.5) is 0 Å². The van der Waals surface area contributed by atoms with Crippen molar-refractivity contribution in [1.29, 1.82) is 0 Å². The Hall–Kier alpha value is -1.77. The number of hydrogen-bond acceptors (Lipinski definition) is 1. The summed E-state index contributed by atoms with van der Waals surface area (Å²) in [6, 6.07) is 9.13. The van der Waals surface area contributed by atoms with E-state index in [2.05, 4.69) is 40.7 Å². The maximum Gasteiger partial charge on any atom is 0.223 e. The van der Waals surface area contributed by atoms with Gasteiger partial charge >= 0.3 is 0 Å². The molecule has 0 N–H and O–H groups in total. The van der Waals surface area contributed by atoms with E-state index in [1.54, 1.807) is 0 Å². The molecule has 4 heterocycles. The number of piperidine rings is 1. The van der Waals surface area contributed by atoms with E-state index < -0.39 is 0 Å². The molecule has 2 atom stereocenters. The van der Waals surface area contributed by atoms with Crippen molar-refractivity contribution < 1.29 is 4.79 Å². The molecule has 3 aliphatic heterocycles. The third-order valence-corrected chi connectivity index (χ3v) is 6.57. The highest BCUT2D eigenvalue weighted by molar-refractivity contribution is 5.87. The number of aryl methyl sites for hydroxylation is 1. The molecule has 1 fully saturated rings. The van der Waals surface area contributed by atoms with Gasteiger partial charge < -0.3 is 9.47 Å². The number of hydrogen-bond donors (Lipinski definition) is 0. The Morgan fingerprint density at radius 3 is 2.91 bits per heavy atom. The summed E-state index contributed by atoms with van der Waals surface area (Å²) in [5.74, 6) is 0.374. The summed E-state index contributed by atoms with van der Waals surface area (Å²) < 4.78 is 2.52. The van der Waals surface area contributed by atoms with Crippen molar-refractivity contribution in [2.75, 3.05) is 6.54 Å². The molecule has 3 heteroatoms. The molecule has 0 bridgehead atoms. The third-order valence-electron chi connectivity index (χ3n) is 6.57. The van der Waals surface area contributed by atoms with Gasteiger partial charge in [-0.3, -0.25) is 4.79 Å². The van der Waals surface area contributed by atoms with E-state index in [-0.39, 0.29) is 0 Å². The first-order valence-electron chi connectivity index (χ1n) is 8.65. The van der Waals surface area contributed by atoms with Crippen molar-refractivity contribution >= 4 is 16.8 Å². The Bertz CT molecular complexity index is 757. The maximum atomic E-state index is 12.5. The van der Waals surface area contributed by atoms with Crippen LogP contribution >= 0.6 is 0 Å². The summed E-state index contributed by atoms with van der Waals surface area (Å²) in [5.41, 5.74) is 4.67. The lowest BCUT2D eigenvalue weighted by Gasteiger charge is -2.54. The van der Waals surface area contributed by atoms with Gasteiger partial charge in [-0.25, -0.2) is 0 Å². The molecular formula is C19H22N2O. The van der Waals surface area contributed by atoms with Crippen LogP contribution in [0.15, 0.2) is 24.3 Å². The van der Waals surface area contributed by atoms with Crippen molar-refractivity contribution in [2.24, 2.45) is 5.41 Å². The second-order valence-corrected chi connectivity index (χ2v) is 7.24. The molecule has 2 aromatic rings. The van der Waals surface area contributed by atoms with E-state index in [0.29, 0.717) is 17.4 Å². The average Bonchev–Trinajstić information content (AvgIpc) is 2.90. The van der Waals surface area contributed by atoms with E-state index in [0.717, 1.165) is 32.4 Å². The van der Waals surface area contributed by atoms with Gasteiger partial charge in [-0.1, -0.05) is 25.1 Å². The van der Waals surface area contributed by atoms with Gasteiger partial charge in [0.25, 0.3) is 0 Å². The second-order valence-electron chi connectivity index (χ2n) is 7.24. The molecule has 3 aliphatic rings. The summed E-state index contributed by atoms with van der Waals surface area (Å²) in [7, 11) is 0. The molecule has 1 saturated heterocycles. The Morgan fingerprint density at radius 2 is 2.05 bits per heavy atom. The molecule has 1 aromatic heterocycles. The van der Waals surface area contributed by atoms with Gasteiger partial charge in [0.05, 0.1) is 6.04 Å². The van der Waals surface area contributed by atoms with Crippen LogP contribution in [0.25, 0.3) is 10.9 Å². The zero-order valence-corrected chi connectivity index (χ0v) is 13.1. The number of benzene rings is 1. The van der Waals surface area contributed by atoms with E-state index in [1.807, 2.05) is 0 Å². The summed E-state index contributed by atoms with van der Waals surface area (Å²) in [4.78, 5) is 14.7. The fourth-order valence-electron chi connectivity index (χ4n) is 5.39. The standard InChI is InChI=1S/C19H22N2O/c1-2-19-9-7-16(22)21-11-8-14-13-5-3-4-6-15(13)20(12-10-19)17(14)18(19)21/h3-6,18H,2,7-12H2,1H3/t18-,19+/m1/s1. The minimum atomic E-state index is 0.313. The number of rotatable bonds is 1. The zero-order valence-electron chi connectivity index (χ0n) is 13.1. The topological polar surface area (TPSA) is 25.2 Å². The third kappa shape index (κ3) is 1.35. The van der Waals surface area contributed by atoms with Gasteiger partial charge in [-0.2, -0.15) is 0 Å². The van der Waals surface area contributed by atoms with Crippen LogP contribution in [0.1, 0.15) is 49.9 Å². The van der Waals surface area contributed by atoms with Crippen molar-refractivity contribution in [1.82, 2.24) is 9.47 Å². The average molecular weight is 294 g/mol. The fourth-order valence-corrected chi connectivity index (χ4v) is 5.39. The van der Waals surface area contributed by atoms with Crippen molar-refractivity contribution in [2.45, 2.75) is 51.6 Å². The molecule has 114 valence electrons. The molecule has 3 nitrogen and oxygen atoms in total. The van der Waals surface area contributed by atoms with Crippen LogP contribution in [0.3, 0.4) is 0 Å². The monoisotopic (exact) mass is 294 g/mol. The number of amides is 1. The number of fused-ring (bicyclic) bond motifs is 3. The zero-order chi connectivity index (χ0) is 14.9. The highest BCUT2D eigenvalue weighted by Crippen LogP contribution is 2.57. The van der Waals surface area contributed by atoms with Crippen LogP contribution in [0.5, 0.6) is 0 Å².